The van der Waals surface area contributed by atoms with Crippen molar-refractivity contribution in [2.45, 2.75) is 6.42 Å². The summed E-state index contributed by atoms with van der Waals surface area (Å²) in [6.45, 7) is 0.436. The highest BCUT2D eigenvalue weighted by molar-refractivity contribution is 9.10. The van der Waals surface area contributed by atoms with Gasteiger partial charge >= 0.3 is 0 Å². The van der Waals surface area contributed by atoms with Gasteiger partial charge in [-0.15, -0.1) is 0 Å². The molecule has 0 spiro atoms. The van der Waals surface area contributed by atoms with Gasteiger partial charge in [-0.05, 0) is 46.6 Å². The van der Waals surface area contributed by atoms with Gasteiger partial charge in [0.1, 0.15) is 5.82 Å². The van der Waals surface area contributed by atoms with E-state index in [9.17, 15) is 4.39 Å². The second-order valence-electron chi connectivity index (χ2n) is 2.40. The Kier molecular flexibility index (Phi) is 3.50. The predicted octanol–water partition coefficient (Wildman–Crippen LogP) is 2.74. The van der Waals surface area contributed by atoms with Gasteiger partial charge in [-0.1, -0.05) is 11.6 Å². The zero-order valence-electron chi connectivity index (χ0n) is 6.28. The van der Waals surface area contributed by atoms with Gasteiger partial charge in [-0.2, -0.15) is 0 Å². The molecule has 0 saturated carbocycles. The van der Waals surface area contributed by atoms with E-state index in [4.69, 9.17) is 17.3 Å². The molecule has 66 valence electrons. The van der Waals surface area contributed by atoms with E-state index in [0.717, 1.165) is 0 Å². The summed E-state index contributed by atoms with van der Waals surface area (Å²) in [6, 6.07) is 2.95. The first kappa shape index (κ1) is 9.96. The average molecular weight is 253 g/mol. The summed E-state index contributed by atoms with van der Waals surface area (Å²) in [4.78, 5) is 0. The number of rotatable bonds is 2. The standard InChI is InChI=1S/C8H8BrClFN/c9-6-3-5(1-2-12)8(11)4-7(6)10/h3-4H,1-2,12H2. The molecule has 1 aromatic carbocycles. The molecule has 1 aromatic rings. The Hall–Kier alpha value is -0.120. The van der Waals surface area contributed by atoms with Crippen LogP contribution >= 0.6 is 27.5 Å². The molecule has 0 amide bonds. The van der Waals surface area contributed by atoms with E-state index in [2.05, 4.69) is 15.9 Å². The molecular weight excluding hydrogens is 244 g/mol. The largest absolute Gasteiger partial charge is 0.330 e. The molecule has 0 unspecified atom stereocenters. The van der Waals surface area contributed by atoms with Gasteiger partial charge in [0.2, 0.25) is 0 Å². The molecule has 0 aromatic heterocycles. The van der Waals surface area contributed by atoms with Crippen LogP contribution in [0.3, 0.4) is 0 Å². The van der Waals surface area contributed by atoms with Gasteiger partial charge in [-0.3, -0.25) is 0 Å². The summed E-state index contributed by atoms with van der Waals surface area (Å²) in [5.41, 5.74) is 5.89. The van der Waals surface area contributed by atoms with E-state index in [1.54, 1.807) is 6.07 Å². The number of hydrogen-bond donors (Lipinski definition) is 1. The lowest BCUT2D eigenvalue weighted by molar-refractivity contribution is 0.609. The van der Waals surface area contributed by atoms with Gasteiger partial charge in [0, 0.05) is 4.47 Å². The van der Waals surface area contributed by atoms with E-state index >= 15 is 0 Å². The summed E-state index contributed by atoms with van der Waals surface area (Å²) in [6.07, 6.45) is 0.529. The molecule has 12 heavy (non-hydrogen) atoms. The Bertz CT molecular complexity index is 291. The zero-order chi connectivity index (χ0) is 9.14. The highest BCUT2D eigenvalue weighted by Gasteiger charge is 2.05. The van der Waals surface area contributed by atoms with Crippen molar-refractivity contribution < 1.29 is 4.39 Å². The maximum atomic E-state index is 13.1. The molecular formula is C8H8BrClFN. The number of benzene rings is 1. The fourth-order valence-electron chi connectivity index (χ4n) is 0.911. The Morgan fingerprint density at radius 3 is 2.75 bits per heavy atom. The molecule has 1 nitrogen and oxygen atoms in total. The molecule has 4 heteroatoms. The molecule has 0 radical (unpaired) electrons. The fraction of sp³-hybridized carbons (Fsp3) is 0.250. The van der Waals surface area contributed by atoms with Crippen LogP contribution in [-0.2, 0) is 6.42 Å². The van der Waals surface area contributed by atoms with Gasteiger partial charge in [0.25, 0.3) is 0 Å². The maximum Gasteiger partial charge on any atom is 0.128 e. The Morgan fingerprint density at radius 2 is 2.17 bits per heavy atom. The highest BCUT2D eigenvalue weighted by atomic mass is 79.9. The van der Waals surface area contributed by atoms with E-state index in [0.29, 0.717) is 28.0 Å². The Labute approximate surface area is 83.8 Å². The normalized spacial score (nSPS) is 10.3. The SMILES string of the molecule is NCCc1cc(Br)c(Cl)cc1F. The Balaban J connectivity index is 3.05. The molecule has 2 N–H and O–H groups in total. The van der Waals surface area contributed by atoms with Crippen molar-refractivity contribution in [3.63, 3.8) is 0 Å². The lowest BCUT2D eigenvalue weighted by atomic mass is 10.1. The van der Waals surface area contributed by atoms with Crippen LogP contribution in [0.5, 0.6) is 0 Å². The number of hydrogen-bond acceptors (Lipinski definition) is 1. The van der Waals surface area contributed by atoms with Crippen LogP contribution in [0.2, 0.25) is 5.02 Å². The van der Waals surface area contributed by atoms with Crippen molar-refractivity contribution in [3.05, 3.63) is 33.0 Å². The van der Waals surface area contributed by atoms with Gasteiger partial charge in [0.05, 0.1) is 5.02 Å². The van der Waals surface area contributed by atoms with Crippen molar-refractivity contribution >= 4 is 27.5 Å². The van der Waals surface area contributed by atoms with Crippen LogP contribution in [-0.4, -0.2) is 6.54 Å². The number of halogens is 3. The van der Waals surface area contributed by atoms with Crippen LogP contribution in [0.15, 0.2) is 16.6 Å². The summed E-state index contributed by atoms with van der Waals surface area (Å²) in [5, 5.41) is 0.383. The van der Waals surface area contributed by atoms with Crippen molar-refractivity contribution in [2.24, 2.45) is 5.73 Å². The summed E-state index contributed by atoms with van der Waals surface area (Å²) < 4.78 is 13.8. The van der Waals surface area contributed by atoms with Crippen molar-refractivity contribution in [1.82, 2.24) is 0 Å². The first-order valence-electron chi connectivity index (χ1n) is 3.48. The summed E-state index contributed by atoms with van der Waals surface area (Å²) >= 11 is 8.88. The quantitative estimate of drug-likeness (QED) is 0.805. The second-order valence-corrected chi connectivity index (χ2v) is 3.66. The number of nitrogens with two attached hydrogens (primary N) is 1. The molecule has 0 fully saturated rings. The molecule has 0 aliphatic heterocycles. The minimum Gasteiger partial charge on any atom is -0.330 e. The smallest absolute Gasteiger partial charge is 0.128 e. The molecule has 0 aliphatic rings. The fourth-order valence-corrected chi connectivity index (χ4v) is 1.45. The van der Waals surface area contributed by atoms with Gasteiger partial charge in [-0.25, -0.2) is 4.39 Å². The minimum absolute atomic E-state index is 0.298. The van der Waals surface area contributed by atoms with E-state index in [1.165, 1.54) is 6.07 Å². The minimum atomic E-state index is -0.298. The monoisotopic (exact) mass is 251 g/mol. The zero-order valence-corrected chi connectivity index (χ0v) is 8.62. The first-order valence-corrected chi connectivity index (χ1v) is 4.65. The first-order chi connectivity index (χ1) is 5.65. The Morgan fingerprint density at radius 1 is 1.50 bits per heavy atom. The average Bonchev–Trinajstić information content (AvgIpc) is 2.01. The summed E-state index contributed by atoms with van der Waals surface area (Å²) in [7, 11) is 0. The molecule has 0 atom stereocenters. The third kappa shape index (κ3) is 2.19. The van der Waals surface area contributed by atoms with Crippen LogP contribution < -0.4 is 5.73 Å². The van der Waals surface area contributed by atoms with Crippen molar-refractivity contribution in [1.29, 1.82) is 0 Å². The van der Waals surface area contributed by atoms with Crippen LogP contribution in [0, 0.1) is 5.82 Å². The van der Waals surface area contributed by atoms with Crippen LogP contribution in [0.25, 0.3) is 0 Å². The predicted molar refractivity (Wildman–Crippen MR) is 51.9 cm³/mol. The van der Waals surface area contributed by atoms with Crippen molar-refractivity contribution in [2.75, 3.05) is 6.54 Å². The third-order valence-corrected chi connectivity index (χ3v) is 2.70. The highest BCUT2D eigenvalue weighted by Crippen LogP contribution is 2.25. The molecule has 0 saturated heterocycles. The third-order valence-electron chi connectivity index (χ3n) is 1.50. The molecule has 0 heterocycles. The second kappa shape index (κ2) is 4.21. The van der Waals surface area contributed by atoms with Crippen LogP contribution in [0.4, 0.5) is 4.39 Å². The van der Waals surface area contributed by atoms with Gasteiger partial charge in [0.15, 0.2) is 0 Å². The van der Waals surface area contributed by atoms with Gasteiger partial charge < -0.3 is 5.73 Å². The molecule has 0 aliphatic carbocycles. The lowest BCUT2D eigenvalue weighted by Crippen LogP contribution is -2.04. The van der Waals surface area contributed by atoms with E-state index < -0.39 is 0 Å². The topological polar surface area (TPSA) is 26.0 Å². The van der Waals surface area contributed by atoms with Crippen molar-refractivity contribution in [3.8, 4) is 0 Å². The maximum absolute atomic E-state index is 13.1. The molecule has 0 bridgehead atoms. The summed E-state index contributed by atoms with van der Waals surface area (Å²) in [5.74, 6) is -0.298. The van der Waals surface area contributed by atoms with Crippen LogP contribution in [0.1, 0.15) is 5.56 Å². The molecule has 1 rings (SSSR count). The lowest BCUT2D eigenvalue weighted by Gasteiger charge is -2.03. The van der Waals surface area contributed by atoms with E-state index in [-0.39, 0.29) is 5.82 Å². The van der Waals surface area contributed by atoms with E-state index in [1.807, 2.05) is 0 Å².